The molecular weight excluding hydrogens is 252 g/mol. The topological polar surface area (TPSA) is 68.3 Å². The van der Waals surface area contributed by atoms with Crippen LogP contribution in [0.4, 0.5) is 5.82 Å². The molecule has 1 aromatic heterocycles. The van der Waals surface area contributed by atoms with Gasteiger partial charge in [-0.1, -0.05) is 0 Å². The lowest BCUT2D eigenvalue weighted by molar-refractivity contribution is 0.102. The van der Waals surface area contributed by atoms with E-state index < -0.39 is 9.84 Å². The van der Waals surface area contributed by atoms with Crippen molar-refractivity contribution in [2.24, 2.45) is 0 Å². The zero-order valence-electron chi connectivity index (χ0n) is 10.2. The van der Waals surface area contributed by atoms with Crippen LogP contribution in [0.2, 0.25) is 0 Å². The molecule has 98 valence electrons. The van der Waals surface area contributed by atoms with Crippen LogP contribution in [0.25, 0.3) is 0 Å². The molecule has 0 aliphatic carbocycles. The summed E-state index contributed by atoms with van der Waals surface area (Å²) < 4.78 is 29.1. The van der Waals surface area contributed by atoms with E-state index in [9.17, 15) is 8.42 Å². The van der Waals surface area contributed by atoms with Gasteiger partial charge in [-0.2, -0.15) is 0 Å². The van der Waals surface area contributed by atoms with Gasteiger partial charge in [0.1, 0.15) is 10.7 Å². The summed E-state index contributed by atoms with van der Waals surface area (Å²) in [5.74, 6) is 0.446. The molecule has 2 bridgehead atoms. The van der Waals surface area contributed by atoms with Crippen LogP contribution in [-0.2, 0) is 14.6 Å². The highest BCUT2D eigenvalue weighted by molar-refractivity contribution is 7.90. The van der Waals surface area contributed by atoms with Crippen LogP contribution >= 0.6 is 0 Å². The Bertz CT molecular complexity index is 558. The largest absolute Gasteiger partial charge is 0.373 e. The summed E-state index contributed by atoms with van der Waals surface area (Å²) in [4.78, 5) is 4.40. The molecule has 0 spiro atoms. The first-order valence-corrected chi connectivity index (χ1v) is 8.00. The number of rotatable bonds is 3. The SMILES string of the molecule is CS(=O)(=O)c1cccnc1NC1CC2CCC1O2. The number of aromatic nitrogens is 1. The maximum absolute atomic E-state index is 11.7. The first-order valence-electron chi connectivity index (χ1n) is 6.11. The van der Waals surface area contributed by atoms with Crippen molar-refractivity contribution in [3.05, 3.63) is 18.3 Å². The summed E-state index contributed by atoms with van der Waals surface area (Å²) in [6.45, 7) is 0. The number of ether oxygens (including phenoxy) is 1. The second-order valence-corrected chi connectivity index (χ2v) is 6.97. The van der Waals surface area contributed by atoms with Crippen molar-refractivity contribution in [1.82, 2.24) is 4.98 Å². The number of hydrogen-bond donors (Lipinski definition) is 1. The van der Waals surface area contributed by atoms with Gasteiger partial charge in [0.25, 0.3) is 0 Å². The number of pyridine rings is 1. The minimum Gasteiger partial charge on any atom is -0.373 e. The van der Waals surface area contributed by atoms with Crippen LogP contribution in [-0.4, -0.2) is 37.9 Å². The maximum atomic E-state index is 11.7. The molecule has 3 atom stereocenters. The van der Waals surface area contributed by atoms with Gasteiger partial charge in [0.2, 0.25) is 0 Å². The zero-order valence-corrected chi connectivity index (χ0v) is 11.0. The molecule has 0 saturated carbocycles. The van der Waals surface area contributed by atoms with Crippen molar-refractivity contribution < 1.29 is 13.2 Å². The average Bonchev–Trinajstić information content (AvgIpc) is 2.90. The molecule has 0 amide bonds. The van der Waals surface area contributed by atoms with Crippen LogP contribution in [0.1, 0.15) is 19.3 Å². The second-order valence-electron chi connectivity index (χ2n) is 4.98. The lowest BCUT2D eigenvalue weighted by Gasteiger charge is -2.21. The highest BCUT2D eigenvalue weighted by Gasteiger charge is 2.41. The molecule has 3 heterocycles. The molecule has 0 radical (unpaired) electrons. The van der Waals surface area contributed by atoms with Crippen LogP contribution in [0.3, 0.4) is 0 Å². The molecule has 1 N–H and O–H groups in total. The summed E-state index contributed by atoms with van der Waals surface area (Å²) in [6.07, 6.45) is 6.43. The molecule has 0 aromatic carbocycles. The lowest BCUT2D eigenvalue weighted by Crippen LogP contribution is -2.31. The van der Waals surface area contributed by atoms with E-state index in [1.54, 1.807) is 18.3 Å². The average molecular weight is 268 g/mol. The summed E-state index contributed by atoms with van der Waals surface area (Å²) in [5, 5.41) is 3.23. The van der Waals surface area contributed by atoms with Crippen molar-refractivity contribution >= 4 is 15.7 Å². The van der Waals surface area contributed by atoms with Crippen LogP contribution < -0.4 is 5.32 Å². The standard InChI is InChI=1S/C12H16N2O3S/c1-18(15,16)11-3-2-6-13-12(11)14-9-7-8-4-5-10(9)17-8/h2-3,6,8-10H,4-5,7H2,1H3,(H,13,14). The molecule has 6 heteroatoms. The Kier molecular flexibility index (Phi) is 2.79. The molecule has 2 saturated heterocycles. The van der Waals surface area contributed by atoms with Gasteiger partial charge in [-0.25, -0.2) is 13.4 Å². The van der Waals surface area contributed by atoms with Gasteiger partial charge >= 0.3 is 0 Å². The van der Waals surface area contributed by atoms with Crippen LogP contribution in [0, 0.1) is 0 Å². The number of hydrogen-bond acceptors (Lipinski definition) is 5. The van der Waals surface area contributed by atoms with Gasteiger partial charge in [0.05, 0.1) is 18.2 Å². The van der Waals surface area contributed by atoms with E-state index in [-0.39, 0.29) is 17.0 Å². The fourth-order valence-electron chi connectivity index (χ4n) is 2.76. The number of fused-ring (bicyclic) bond motifs is 2. The van der Waals surface area contributed by atoms with E-state index in [1.807, 2.05) is 0 Å². The van der Waals surface area contributed by atoms with Gasteiger partial charge in [-0.05, 0) is 31.4 Å². The van der Waals surface area contributed by atoms with Gasteiger partial charge in [-0.3, -0.25) is 0 Å². The third-order valence-electron chi connectivity index (χ3n) is 3.60. The molecule has 2 aliphatic rings. The molecule has 2 fully saturated rings. The van der Waals surface area contributed by atoms with Crippen molar-refractivity contribution in [2.75, 3.05) is 11.6 Å². The van der Waals surface area contributed by atoms with Crippen molar-refractivity contribution in [3.8, 4) is 0 Å². The third kappa shape index (κ3) is 2.10. The smallest absolute Gasteiger partial charge is 0.179 e. The summed E-state index contributed by atoms with van der Waals surface area (Å²) in [5.41, 5.74) is 0. The molecular formula is C12H16N2O3S. The second kappa shape index (κ2) is 4.20. The predicted molar refractivity (Wildman–Crippen MR) is 67.3 cm³/mol. The molecule has 1 aromatic rings. The van der Waals surface area contributed by atoms with E-state index in [0.29, 0.717) is 11.9 Å². The van der Waals surface area contributed by atoms with E-state index in [4.69, 9.17) is 4.74 Å². The maximum Gasteiger partial charge on any atom is 0.179 e. The third-order valence-corrected chi connectivity index (χ3v) is 4.73. The first-order chi connectivity index (χ1) is 8.54. The van der Waals surface area contributed by atoms with E-state index in [1.165, 1.54) is 6.26 Å². The zero-order chi connectivity index (χ0) is 12.8. The van der Waals surface area contributed by atoms with Gasteiger partial charge in [0, 0.05) is 12.5 Å². The molecule has 3 unspecified atom stereocenters. The molecule has 2 aliphatic heterocycles. The minimum atomic E-state index is -3.25. The van der Waals surface area contributed by atoms with Gasteiger partial charge in [0.15, 0.2) is 9.84 Å². The number of nitrogens with zero attached hydrogens (tertiary/aromatic N) is 1. The summed E-state index contributed by atoms with van der Waals surface area (Å²) in [6, 6.07) is 3.40. The Morgan fingerprint density at radius 1 is 1.44 bits per heavy atom. The van der Waals surface area contributed by atoms with Gasteiger partial charge in [-0.15, -0.1) is 0 Å². The highest BCUT2D eigenvalue weighted by atomic mass is 32.2. The Morgan fingerprint density at radius 3 is 2.89 bits per heavy atom. The monoisotopic (exact) mass is 268 g/mol. The van der Waals surface area contributed by atoms with E-state index in [2.05, 4.69) is 10.3 Å². The van der Waals surface area contributed by atoms with Crippen LogP contribution in [0.5, 0.6) is 0 Å². The Hall–Kier alpha value is -1.14. The Morgan fingerprint density at radius 2 is 2.28 bits per heavy atom. The molecule has 3 rings (SSSR count). The minimum absolute atomic E-state index is 0.180. The first kappa shape index (κ1) is 11.9. The lowest BCUT2D eigenvalue weighted by atomic mass is 9.95. The summed E-state index contributed by atoms with van der Waals surface area (Å²) in [7, 11) is -3.25. The van der Waals surface area contributed by atoms with E-state index >= 15 is 0 Å². The van der Waals surface area contributed by atoms with Gasteiger partial charge < -0.3 is 10.1 Å². The Labute approximate surface area is 106 Å². The highest BCUT2D eigenvalue weighted by Crippen LogP contribution is 2.36. The molecule has 18 heavy (non-hydrogen) atoms. The normalized spacial score (nSPS) is 30.6. The summed E-state index contributed by atoms with van der Waals surface area (Å²) >= 11 is 0. The fraction of sp³-hybridized carbons (Fsp3) is 0.583. The van der Waals surface area contributed by atoms with Crippen LogP contribution in [0.15, 0.2) is 23.2 Å². The van der Waals surface area contributed by atoms with Crippen molar-refractivity contribution in [3.63, 3.8) is 0 Å². The predicted octanol–water partition coefficient (Wildman–Crippen LogP) is 1.22. The molecule has 5 nitrogen and oxygen atoms in total. The van der Waals surface area contributed by atoms with Crippen molar-refractivity contribution in [2.45, 2.75) is 42.4 Å². The number of anilines is 1. The fourth-order valence-corrected chi connectivity index (χ4v) is 3.55. The number of sulfone groups is 1. The quantitative estimate of drug-likeness (QED) is 0.892. The van der Waals surface area contributed by atoms with E-state index in [0.717, 1.165) is 19.3 Å². The number of nitrogens with one attached hydrogen (secondary N) is 1. The van der Waals surface area contributed by atoms with Crippen molar-refractivity contribution in [1.29, 1.82) is 0 Å². The Balaban J connectivity index is 1.85.